The van der Waals surface area contributed by atoms with Crippen molar-refractivity contribution in [2.24, 2.45) is 0 Å². The Hall–Kier alpha value is -0.920. The molecule has 1 heterocycles. The van der Waals surface area contributed by atoms with E-state index in [1.165, 1.54) is 0 Å². The lowest BCUT2D eigenvalue weighted by atomic mass is 10.3. The van der Waals surface area contributed by atoms with Crippen LogP contribution < -0.4 is 0 Å². The molecule has 0 saturated carbocycles. The maximum atomic E-state index is 5.25. The lowest BCUT2D eigenvalue weighted by Crippen LogP contribution is -2.02. The van der Waals surface area contributed by atoms with Crippen LogP contribution >= 0.6 is 0 Å². The van der Waals surface area contributed by atoms with Gasteiger partial charge in [-0.25, -0.2) is 0 Å². The molecule has 1 rings (SSSR count). The summed E-state index contributed by atoms with van der Waals surface area (Å²) >= 11 is 0. The summed E-state index contributed by atoms with van der Waals surface area (Å²) in [6.07, 6.45) is 3.71. The van der Waals surface area contributed by atoms with Gasteiger partial charge < -0.3 is 9.47 Å². The summed E-state index contributed by atoms with van der Waals surface area (Å²) in [5, 5.41) is 0. The highest BCUT2D eigenvalue weighted by molar-refractivity contribution is 5.16. The molecule has 0 fully saturated rings. The van der Waals surface area contributed by atoms with Crippen LogP contribution in [-0.4, -0.2) is 13.2 Å². The zero-order valence-electron chi connectivity index (χ0n) is 6.39. The molecule has 1 aliphatic heterocycles. The van der Waals surface area contributed by atoms with Crippen molar-refractivity contribution in [3.8, 4) is 0 Å². The Morgan fingerprint density at radius 2 is 2.10 bits per heavy atom. The number of hydrogen-bond donors (Lipinski definition) is 0. The van der Waals surface area contributed by atoms with Gasteiger partial charge in [-0.3, -0.25) is 0 Å². The van der Waals surface area contributed by atoms with Crippen molar-refractivity contribution >= 4 is 0 Å². The van der Waals surface area contributed by atoms with Crippen molar-refractivity contribution < 1.29 is 9.47 Å². The first-order valence-electron chi connectivity index (χ1n) is 3.38. The van der Waals surface area contributed by atoms with Gasteiger partial charge in [-0.05, 0) is 25.5 Å². The first-order valence-corrected chi connectivity index (χ1v) is 3.38. The van der Waals surface area contributed by atoms with Crippen LogP contribution in [0, 0.1) is 0 Å². The van der Waals surface area contributed by atoms with Gasteiger partial charge in [0, 0.05) is 0 Å². The molecule has 1 aliphatic rings. The van der Waals surface area contributed by atoms with E-state index in [9.17, 15) is 0 Å². The number of ether oxygens (including phenoxy) is 2. The first-order chi connectivity index (χ1) is 4.79. The molecule has 0 unspecified atom stereocenters. The minimum Gasteiger partial charge on any atom is -0.497 e. The van der Waals surface area contributed by atoms with E-state index in [1.54, 1.807) is 6.26 Å². The van der Waals surface area contributed by atoms with Crippen LogP contribution in [0.15, 0.2) is 23.7 Å². The molecule has 0 N–H and O–H groups in total. The number of hydrogen-bond acceptors (Lipinski definition) is 2. The zero-order valence-corrected chi connectivity index (χ0v) is 6.39. The van der Waals surface area contributed by atoms with Gasteiger partial charge in [-0.1, -0.05) is 0 Å². The number of rotatable bonds is 0. The highest BCUT2D eigenvalue weighted by Gasteiger charge is 1.95. The Bertz CT molecular complexity index is 168. The predicted molar refractivity (Wildman–Crippen MR) is 39.4 cm³/mol. The molecule has 0 aromatic heterocycles. The molecule has 56 valence electrons. The van der Waals surface area contributed by atoms with E-state index in [2.05, 4.69) is 0 Å². The summed E-state index contributed by atoms with van der Waals surface area (Å²) in [5.74, 6) is 0.956. The topological polar surface area (TPSA) is 18.5 Å². The van der Waals surface area contributed by atoms with Crippen molar-refractivity contribution in [1.82, 2.24) is 0 Å². The molecule has 0 aromatic rings. The van der Waals surface area contributed by atoms with Crippen LogP contribution in [0.3, 0.4) is 0 Å². The summed E-state index contributed by atoms with van der Waals surface area (Å²) < 4.78 is 10.4. The fraction of sp³-hybridized carbons (Fsp3) is 0.500. The Labute approximate surface area is 61.1 Å². The van der Waals surface area contributed by atoms with Crippen molar-refractivity contribution in [1.29, 1.82) is 0 Å². The molecule has 0 amide bonds. The summed E-state index contributed by atoms with van der Waals surface area (Å²) in [5.41, 5.74) is 1.09. The van der Waals surface area contributed by atoms with Crippen LogP contribution in [0.25, 0.3) is 0 Å². The highest BCUT2D eigenvalue weighted by Crippen LogP contribution is 2.05. The molecule has 2 heteroatoms. The summed E-state index contributed by atoms with van der Waals surface area (Å²) in [6, 6.07) is 0. The van der Waals surface area contributed by atoms with Gasteiger partial charge in [-0.15, -0.1) is 0 Å². The Morgan fingerprint density at radius 1 is 1.30 bits per heavy atom. The molecule has 0 saturated heterocycles. The maximum Gasteiger partial charge on any atom is 0.122 e. The smallest absolute Gasteiger partial charge is 0.122 e. The average molecular weight is 140 g/mol. The quantitative estimate of drug-likeness (QED) is 0.511. The van der Waals surface area contributed by atoms with Crippen LogP contribution in [-0.2, 0) is 9.47 Å². The van der Waals surface area contributed by atoms with Gasteiger partial charge in [-0.2, -0.15) is 0 Å². The minimum absolute atomic E-state index is 0.641. The largest absolute Gasteiger partial charge is 0.497 e. The van der Waals surface area contributed by atoms with Gasteiger partial charge in [0.2, 0.25) is 0 Å². The SMILES string of the molecule is CC1=C/OCCO/C(C)=C\1. The van der Waals surface area contributed by atoms with E-state index in [4.69, 9.17) is 9.47 Å². The summed E-state index contributed by atoms with van der Waals surface area (Å²) in [6.45, 7) is 5.22. The second-order valence-corrected chi connectivity index (χ2v) is 2.34. The Kier molecular flexibility index (Phi) is 2.37. The second-order valence-electron chi connectivity index (χ2n) is 2.34. The average Bonchev–Trinajstić information content (AvgIpc) is 1.83. The van der Waals surface area contributed by atoms with E-state index in [-0.39, 0.29) is 0 Å². The summed E-state index contributed by atoms with van der Waals surface area (Å²) in [4.78, 5) is 0. The van der Waals surface area contributed by atoms with Crippen LogP contribution in [0.2, 0.25) is 0 Å². The molecule has 0 aromatic carbocycles. The van der Waals surface area contributed by atoms with Crippen molar-refractivity contribution in [2.45, 2.75) is 13.8 Å². The molecule has 0 spiro atoms. The van der Waals surface area contributed by atoms with E-state index in [0.717, 1.165) is 11.3 Å². The van der Waals surface area contributed by atoms with E-state index < -0.39 is 0 Å². The van der Waals surface area contributed by atoms with E-state index in [0.29, 0.717) is 13.2 Å². The fourth-order valence-corrected chi connectivity index (χ4v) is 0.837. The number of allylic oxidation sites excluding steroid dienone is 3. The second kappa shape index (κ2) is 3.30. The molecule has 2 nitrogen and oxygen atoms in total. The Balaban J connectivity index is 2.63. The van der Waals surface area contributed by atoms with Crippen LogP contribution in [0.5, 0.6) is 0 Å². The maximum absolute atomic E-state index is 5.25. The standard InChI is InChI=1S/C8H12O2/c1-7-5-8(2)10-4-3-9-6-7/h5-6H,3-4H2,1-2H3/b7-6-,8-5-. The predicted octanol–water partition coefficient (Wildman–Crippen LogP) is 1.84. The van der Waals surface area contributed by atoms with Crippen LogP contribution in [0.1, 0.15) is 13.8 Å². The highest BCUT2D eigenvalue weighted by atomic mass is 16.5. The zero-order chi connectivity index (χ0) is 7.40. The van der Waals surface area contributed by atoms with Crippen LogP contribution in [0.4, 0.5) is 0 Å². The summed E-state index contributed by atoms with van der Waals surface area (Å²) in [7, 11) is 0. The van der Waals surface area contributed by atoms with Crippen molar-refractivity contribution in [2.75, 3.05) is 13.2 Å². The van der Waals surface area contributed by atoms with Gasteiger partial charge in [0.15, 0.2) is 0 Å². The lowest BCUT2D eigenvalue weighted by molar-refractivity contribution is 0.128. The monoisotopic (exact) mass is 140 g/mol. The van der Waals surface area contributed by atoms with Gasteiger partial charge in [0.25, 0.3) is 0 Å². The molecule has 10 heavy (non-hydrogen) atoms. The van der Waals surface area contributed by atoms with Gasteiger partial charge in [0.1, 0.15) is 13.2 Å². The molecular weight excluding hydrogens is 128 g/mol. The van der Waals surface area contributed by atoms with Gasteiger partial charge in [0.05, 0.1) is 12.0 Å². The molecular formula is C8H12O2. The third kappa shape index (κ3) is 2.13. The minimum atomic E-state index is 0.641. The first kappa shape index (κ1) is 7.19. The van der Waals surface area contributed by atoms with Crippen molar-refractivity contribution in [3.05, 3.63) is 23.7 Å². The molecule has 0 aliphatic carbocycles. The third-order valence-corrected chi connectivity index (χ3v) is 1.23. The van der Waals surface area contributed by atoms with E-state index >= 15 is 0 Å². The fourth-order valence-electron chi connectivity index (χ4n) is 0.837. The molecule has 0 radical (unpaired) electrons. The van der Waals surface area contributed by atoms with Gasteiger partial charge >= 0.3 is 0 Å². The molecule has 0 atom stereocenters. The molecule has 0 bridgehead atoms. The lowest BCUT2D eigenvalue weighted by Gasteiger charge is -2.09. The third-order valence-electron chi connectivity index (χ3n) is 1.23. The van der Waals surface area contributed by atoms with E-state index in [1.807, 2.05) is 19.9 Å². The normalized spacial score (nSPS) is 29.4. The van der Waals surface area contributed by atoms with Crippen molar-refractivity contribution in [3.63, 3.8) is 0 Å². The Morgan fingerprint density at radius 3 is 2.90 bits per heavy atom.